The molecule has 0 aromatic heterocycles. The molecular formula is C17H25N3O. The summed E-state index contributed by atoms with van der Waals surface area (Å²) in [5.41, 5.74) is 2.46. The van der Waals surface area contributed by atoms with Crippen LogP contribution in [0, 0.1) is 6.92 Å². The predicted octanol–water partition coefficient (Wildman–Crippen LogP) is 1.91. The Labute approximate surface area is 127 Å². The van der Waals surface area contributed by atoms with Crippen LogP contribution < -0.4 is 5.32 Å². The molecule has 1 aromatic rings. The van der Waals surface area contributed by atoms with E-state index in [-0.39, 0.29) is 12.1 Å². The van der Waals surface area contributed by atoms with Crippen molar-refractivity contribution in [2.24, 2.45) is 0 Å². The van der Waals surface area contributed by atoms with Crippen molar-refractivity contribution < 1.29 is 4.79 Å². The van der Waals surface area contributed by atoms with Crippen LogP contribution >= 0.6 is 0 Å². The van der Waals surface area contributed by atoms with Crippen LogP contribution in [-0.4, -0.2) is 47.9 Å². The Morgan fingerprint density at radius 2 is 2.00 bits per heavy atom. The van der Waals surface area contributed by atoms with Crippen molar-refractivity contribution in [2.75, 3.05) is 26.2 Å². The normalized spacial score (nSPS) is 24.8. The van der Waals surface area contributed by atoms with Gasteiger partial charge in [-0.05, 0) is 50.9 Å². The van der Waals surface area contributed by atoms with E-state index in [4.69, 9.17) is 0 Å². The number of carbonyl (C=O) groups excluding carboxylic acids is 1. The molecule has 2 heterocycles. The Balaban J connectivity index is 1.75. The summed E-state index contributed by atoms with van der Waals surface area (Å²) in [6.45, 7) is 7.96. The van der Waals surface area contributed by atoms with Crippen LogP contribution in [0.4, 0.5) is 0 Å². The first-order chi connectivity index (χ1) is 10.2. The summed E-state index contributed by atoms with van der Waals surface area (Å²) in [6, 6.07) is 8.77. The van der Waals surface area contributed by atoms with E-state index in [1.54, 1.807) is 0 Å². The second-order valence-electron chi connectivity index (χ2n) is 6.28. The molecule has 3 rings (SSSR count). The van der Waals surface area contributed by atoms with E-state index < -0.39 is 0 Å². The van der Waals surface area contributed by atoms with E-state index in [1.165, 1.54) is 37.1 Å². The highest BCUT2D eigenvalue weighted by Crippen LogP contribution is 2.26. The molecule has 2 aliphatic heterocycles. The molecule has 114 valence electrons. The molecule has 2 unspecified atom stereocenters. The molecule has 0 aliphatic carbocycles. The number of aryl methyl sites for hydroxylation is 1. The zero-order valence-electron chi connectivity index (χ0n) is 13.0. The van der Waals surface area contributed by atoms with Crippen LogP contribution in [0.3, 0.4) is 0 Å². The number of likely N-dealkylation sites (tertiary alicyclic amines) is 1. The van der Waals surface area contributed by atoms with Gasteiger partial charge in [-0.2, -0.15) is 0 Å². The third kappa shape index (κ3) is 2.97. The monoisotopic (exact) mass is 287 g/mol. The number of rotatable bonds is 4. The first-order valence-electron chi connectivity index (χ1n) is 7.99. The maximum atomic E-state index is 12.3. The van der Waals surface area contributed by atoms with Gasteiger partial charge < -0.3 is 4.90 Å². The molecule has 0 bridgehead atoms. The number of nitrogens with one attached hydrogen (secondary N) is 1. The third-order valence-electron chi connectivity index (χ3n) is 4.79. The molecule has 2 saturated heterocycles. The average Bonchev–Trinajstić information content (AvgIpc) is 3.11. The van der Waals surface area contributed by atoms with Gasteiger partial charge in [0, 0.05) is 12.6 Å². The molecule has 2 aliphatic rings. The Hall–Kier alpha value is -1.39. The van der Waals surface area contributed by atoms with Crippen LogP contribution in [0.15, 0.2) is 24.3 Å². The van der Waals surface area contributed by atoms with E-state index in [1.807, 2.05) is 11.0 Å². The maximum absolute atomic E-state index is 12.3. The van der Waals surface area contributed by atoms with Gasteiger partial charge in [0.2, 0.25) is 5.91 Å². The summed E-state index contributed by atoms with van der Waals surface area (Å²) < 4.78 is 0. The van der Waals surface area contributed by atoms with Crippen LogP contribution in [0.25, 0.3) is 0 Å². The smallest absolute Gasteiger partial charge is 0.238 e. The van der Waals surface area contributed by atoms with Crippen molar-refractivity contribution in [3.8, 4) is 0 Å². The highest BCUT2D eigenvalue weighted by Gasteiger charge is 2.34. The van der Waals surface area contributed by atoms with Crippen molar-refractivity contribution >= 4 is 5.91 Å². The Morgan fingerprint density at radius 1 is 1.29 bits per heavy atom. The molecule has 4 nitrogen and oxygen atoms in total. The number of hydrogen-bond donors (Lipinski definition) is 1. The van der Waals surface area contributed by atoms with Crippen LogP contribution in [0.1, 0.15) is 37.1 Å². The first-order valence-corrected chi connectivity index (χ1v) is 7.99. The molecule has 0 saturated carbocycles. The molecule has 2 fully saturated rings. The van der Waals surface area contributed by atoms with Gasteiger partial charge in [-0.15, -0.1) is 0 Å². The van der Waals surface area contributed by atoms with Crippen molar-refractivity contribution in [1.29, 1.82) is 0 Å². The largest absolute Gasteiger partial charge is 0.320 e. The maximum Gasteiger partial charge on any atom is 0.238 e. The number of hydrogen-bond acceptors (Lipinski definition) is 3. The number of nitrogens with zero attached hydrogens (tertiary/aromatic N) is 2. The molecule has 21 heavy (non-hydrogen) atoms. The zero-order valence-corrected chi connectivity index (χ0v) is 13.0. The second kappa shape index (κ2) is 6.16. The molecule has 1 N–H and O–H groups in total. The topological polar surface area (TPSA) is 35.6 Å². The van der Waals surface area contributed by atoms with Crippen molar-refractivity contribution in [1.82, 2.24) is 15.1 Å². The summed E-state index contributed by atoms with van der Waals surface area (Å²) in [6.07, 6.45) is 2.61. The summed E-state index contributed by atoms with van der Waals surface area (Å²) in [5, 5.41) is 3.37. The zero-order chi connectivity index (χ0) is 14.8. The summed E-state index contributed by atoms with van der Waals surface area (Å²) in [5.74, 6) is 0.217. The van der Waals surface area contributed by atoms with Crippen molar-refractivity contribution in [3.05, 3.63) is 35.4 Å². The van der Waals surface area contributed by atoms with Crippen LogP contribution in [-0.2, 0) is 4.79 Å². The lowest BCUT2D eigenvalue weighted by molar-refractivity contribution is -0.128. The molecule has 0 spiro atoms. The second-order valence-corrected chi connectivity index (χ2v) is 6.28. The Morgan fingerprint density at radius 3 is 2.71 bits per heavy atom. The summed E-state index contributed by atoms with van der Waals surface area (Å²) >= 11 is 0. The Bertz CT molecular complexity index is 511. The summed E-state index contributed by atoms with van der Waals surface area (Å²) in [7, 11) is 0. The van der Waals surface area contributed by atoms with Gasteiger partial charge in [0.15, 0.2) is 0 Å². The number of carbonyl (C=O) groups is 1. The lowest BCUT2D eigenvalue weighted by atomic mass is 10.1. The first kappa shape index (κ1) is 14.5. The van der Waals surface area contributed by atoms with Crippen molar-refractivity contribution in [3.63, 3.8) is 0 Å². The minimum atomic E-state index is 0.0313. The lowest BCUT2D eigenvalue weighted by Gasteiger charge is -2.32. The van der Waals surface area contributed by atoms with E-state index >= 15 is 0 Å². The van der Waals surface area contributed by atoms with E-state index in [0.717, 1.165) is 6.54 Å². The van der Waals surface area contributed by atoms with E-state index in [0.29, 0.717) is 12.6 Å². The van der Waals surface area contributed by atoms with Crippen LogP contribution in [0.2, 0.25) is 0 Å². The molecule has 2 atom stereocenters. The highest BCUT2D eigenvalue weighted by molar-refractivity contribution is 5.81. The van der Waals surface area contributed by atoms with Gasteiger partial charge >= 0.3 is 0 Å². The average molecular weight is 287 g/mol. The van der Waals surface area contributed by atoms with E-state index in [2.05, 4.69) is 42.3 Å². The van der Waals surface area contributed by atoms with Gasteiger partial charge in [-0.3, -0.25) is 15.0 Å². The van der Waals surface area contributed by atoms with Gasteiger partial charge in [0.05, 0.1) is 6.54 Å². The molecular weight excluding hydrogens is 262 g/mol. The standard InChI is InChI=1S/C17H25N3O/c1-13-7-3-4-8-15(13)17-18-11-16(21)20(17)12-14(2)19-9-5-6-10-19/h3-4,7-8,14,17-18H,5-6,9-12H2,1-2H3. The fourth-order valence-corrected chi connectivity index (χ4v) is 3.50. The number of benzene rings is 1. The quantitative estimate of drug-likeness (QED) is 0.919. The minimum Gasteiger partial charge on any atom is -0.320 e. The fourth-order valence-electron chi connectivity index (χ4n) is 3.50. The van der Waals surface area contributed by atoms with Gasteiger partial charge in [-0.25, -0.2) is 0 Å². The summed E-state index contributed by atoms with van der Waals surface area (Å²) in [4.78, 5) is 16.8. The molecule has 0 radical (unpaired) electrons. The number of amides is 1. The fraction of sp³-hybridized carbons (Fsp3) is 0.588. The van der Waals surface area contributed by atoms with E-state index in [9.17, 15) is 4.79 Å². The van der Waals surface area contributed by atoms with Crippen LogP contribution in [0.5, 0.6) is 0 Å². The predicted molar refractivity (Wildman–Crippen MR) is 83.9 cm³/mol. The van der Waals surface area contributed by atoms with Crippen molar-refractivity contribution in [2.45, 2.75) is 38.9 Å². The van der Waals surface area contributed by atoms with Gasteiger partial charge in [0.25, 0.3) is 0 Å². The Kier molecular flexibility index (Phi) is 4.27. The molecule has 1 amide bonds. The van der Waals surface area contributed by atoms with Gasteiger partial charge in [-0.1, -0.05) is 24.3 Å². The molecule has 4 heteroatoms. The van der Waals surface area contributed by atoms with Gasteiger partial charge in [0.1, 0.15) is 6.17 Å². The SMILES string of the molecule is Cc1ccccc1C1NCC(=O)N1CC(C)N1CCCC1. The minimum absolute atomic E-state index is 0.0313. The molecule has 1 aromatic carbocycles. The lowest BCUT2D eigenvalue weighted by Crippen LogP contribution is -2.43. The highest BCUT2D eigenvalue weighted by atomic mass is 16.2. The third-order valence-corrected chi connectivity index (χ3v) is 4.79.